The van der Waals surface area contributed by atoms with Gasteiger partial charge in [0, 0.05) is 17.5 Å². The molecule has 1 aromatic carbocycles. The Morgan fingerprint density at radius 3 is 2.71 bits per heavy atom. The molecule has 2 heteroatoms. The maximum absolute atomic E-state index is 6.36. The quantitative estimate of drug-likeness (QED) is 0.738. The number of aryl methyl sites for hydroxylation is 3. The molecule has 0 radical (unpaired) electrons. The summed E-state index contributed by atoms with van der Waals surface area (Å²) in [6.07, 6.45) is 4.81. The van der Waals surface area contributed by atoms with Gasteiger partial charge in [0.1, 0.15) is 0 Å². The van der Waals surface area contributed by atoms with E-state index in [9.17, 15) is 0 Å². The van der Waals surface area contributed by atoms with Crippen LogP contribution in [0.5, 0.6) is 0 Å². The smallest absolute Gasteiger partial charge is 0.216 e. The number of benzene rings is 1. The molecule has 0 saturated carbocycles. The summed E-state index contributed by atoms with van der Waals surface area (Å²) in [7, 11) is 0. The van der Waals surface area contributed by atoms with Crippen LogP contribution >= 0.6 is 0 Å². The average molecular weight is 227 g/mol. The Morgan fingerprint density at radius 2 is 1.88 bits per heavy atom. The summed E-state index contributed by atoms with van der Waals surface area (Å²) in [4.78, 5) is 3.60. The third-order valence-corrected chi connectivity index (χ3v) is 3.84. The second-order valence-corrected chi connectivity index (χ2v) is 5.21. The van der Waals surface area contributed by atoms with Crippen LogP contribution in [-0.2, 0) is 12.8 Å². The van der Waals surface area contributed by atoms with Crippen molar-refractivity contribution in [2.45, 2.75) is 39.5 Å². The molecule has 0 bridgehead atoms. The average Bonchev–Trinajstić information content (AvgIpc) is 2.31. The predicted molar refractivity (Wildman–Crippen MR) is 71.0 cm³/mol. The summed E-state index contributed by atoms with van der Waals surface area (Å²) < 4.78 is 0. The minimum absolute atomic E-state index is 1.00. The molecule has 2 aromatic rings. The molecular formula is C15H19N2+. The molecule has 0 unspecified atom stereocenters. The van der Waals surface area contributed by atoms with Crippen molar-refractivity contribution in [1.82, 2.24) is 0 Å². The minimum Gasteiger partial charge on any atom is -0.398 e. The highest BCUT2D eigenvalue weighted by Gasteiger charge is 2.22. The number of anilines is 1. The zero-order chi connectivity index (χ0) is 12.0. The van der Waals surface area contributed by atoms with E-state index in [1.165, 1.54) is 46.1 Å². The van der Waals surface area contributed by atoms with Gasteiger partial charge in [-0.2, -0.15) is 0 Å². The van der Waals surface area contributed by atoms with Crippen molar-refractivity contribution in [1.29, 1.82) is 0 Å². The first-order chi connectivity index (χ1) is 8.16. The monoisotopic (exact) mass is 227 g/mol. The van der Waals surface area contributed by atoms with Crippen molar-refractivity contribution in [2.75, 3.05) is 5.73 Å². The first kappa shape index (κ1) is 10.6. The zero-order valence-electron chi connectivity index (χ0n) is 10.6. The number of hydrogen-bond donors (Lipinski definition) is 1. The predicted octanol–water partition coefficient (Wildman–Crippen LogP) is 2.73. The van der Waals surface area contributed by atoms with Crippen LogP contribution in [0.15, 0.2) is 12.1 Å². The standard InChI is InChI=1S/C15H18N2/c1-9-7-10(2)15-12(8-9)14(16)11-5-3-4-6-13(11)17-15/h7-8H,3-6H2,1-2H3,(H2,16,17)/p+1. The highest BCUT2D eigenvalue weighted by molar-refractivity contribution is 5.92. The number of aromatic amines is 1. The Hall–Kier alpha value is -1.57. The van der Waals surface area contributed by atoms with E-state index in [1.54, 1.807) is 0 Å². The van der Waals surface area contributed by atoms with Crippen LogP contribution in [0.1, 0.15) is 35.2 Å². The molecule has 0 atom stereocenters. The third kappa shape index (κ3) is 1.59. The van der Waals surface area contributed by atoms with E-state index in [0.717, 1.165) is 18.5 Å². The lowest BCUT2D eigenvalue weighted by Crippen LogP contribution is -2.21. The van der Waals surface area contributed by atoms with Gasteiger partial charge in [0.25, 0.3) is 0 Å². The summed E-state index contributed by atoms with van der Waals surface area (Å²) >= 11 is 0. The van der Waals surface area contributed by atoms with Crippen molar-refractivity contribution in [3.63, 3.8) is 0 Å². The molecule has 0 amide bonds. The van der Waals surface area contributed by atoms with Crippen molar-refractivity contribution in [2.24, 2.45) is 0 Å². The Morgan fingerprint density at radius 1 is 1.12 bits per heavy atom. The highest BCUT2D eigenvalue weighted by Crippen LogP contribution is 2.30. The number of nitrogens with two attached hydrogens (primary N) is 1. The fourth-order valence-corrected chi connectivity index (χ4v) is 3.00. The number of pyridine rings is 1. The van der Waals surface area contributed by atoms with Gasteiger partial charge in [-0.25, -0.2) is 4.98 Å². The van der Waals surface area contributed by atoms with Gasteiger partial charge in [0.05, 0.1) is 11.1 Å². The second-order valence-electron chi connectivity index (χ2n) is 5.21. The molecular weight excluding hydrogens is 208 g/mol. The number of aromatic nitrogens is 1. The van der Waals surface area contributed by atoms with E-state index in [1.807, 2.05) is 0 Å². The van der Waals surface area contributed by atoms with E-state index in [-0.39, 0.29) is 0 Å². The molecule has 1 heterocycles. The summed E-state index contributed by atoms with van der Waals surface area (Å²) in [5.41, 5.74) is 13.9. The largest absolute Gasteiger partial charge is 0.398 e. The van der Waals surface area contributed by atoms with E-state index in [2.05, 4.69) is 31.0 Å². The number of nitrogen functional groups attached to an aromatic ring is 1. The van der Waals surface area contributed by atoms with E-state index in [4.69, 9.17) is 5.73 Å². The Kier molecular flexibility index (Phi) is 2.32. The van der Waals surface area contributed by atoms with Crippen LogP contribution in [0, 0.1) is 13.8 Å². The summed E-state index contributed by atoms with van der Waals surface area (Å²) in [5.74, 6) is 0. The first-order valence-electron chi connectivity index (χ1n) is 6.40. The van der Waals surface area contributed by atoms with Crippen LogP contribution < -0.4 is 10.7 Å². The molecule has 17 heavy (non-hydrogen) atoms. The van der Waals surface area contributed by atoms with Crippen LogP contribution in [0.4, 0.5) is 5.69 Å². The molecule has 0 fully saturated rings. The number of hydrogen-bond acceptors (Lipinski definition) is 1. The molecule has 0 spiro atoms. The summed E-state index contributed by atoms with van der Waals surface area (Å²) in [5, 5.41) is 1.20. The van der Waals surface area contributed by atoms with Crippen molar-refractivity contribution >= 4 is 16.6 Å². The summed E-state index contributed by atoms with van der Waals surface area (Å²) in [6, 6.07) is 4.41. The zero-order valence-corrected chi connectivity index (χ0v) is 10.6. The number of nitrogens with one attached hydrogen (secondary N) is 1. The van der Waals surface area contributed by atoms with Gasteiger partial charge in [0.2, 0.25) is 5.52 Å². The minimum atomic E-state index is 1.00. The molecule has 88 valence electrons. The van der Waals surface area contributed by atoms with Gasteiger partial charge in [-0.15, -0.1) is 0 Å². The van der Waals surface area contributed by atoms with Crippen LogP contribution in [0.25, 0.3) is 10.9 Å². The summed E-state index contributed by atoms with van der Waals surface area (Å²) in [6.45, 7) is 4.28. The van der Waals surface area contributed by atoms with Crippen LogP contribution in [0.2, 0.25) is 0 Å². The molecule has 0 saturated heterocycles. The topological polar surface area (TPSA) is 40.2 Å². The third-order valence-electron chi connectivity index (χ3n) is 3.84. The molecule has 1 aromatic heterocycles. The van der Waals surface area contributed by atoms with Gasteiger partial charge >= 0.3 is 0 Å². The molecule has 3 N–H and O–H groups in total. The molecule has 1 aliphatic carbocycles. The molecule has 3 rings (SSSR count). The second kappa shape index (κ2) is 3.73. The Balaban J connectivity index is 2.40. The van der Waals surface area contributed by atoms with Gasteiger partial charge in [-0.05, 0) is 50.8 Å². The molecule has 1 aliphatic rings. The maximum atomic E-state index is 6.36. The van der Waals surface area contributed by atoms with Gasteiger partial charge in [-0.3, -0.25) is 0 Å². The van der Waals surface area contributed by atoms with E-state index < -0.39 is 0 Å². The number of H-pyrrole nitrogens is 1. The number of fused-ring (bicyclic) bond motifs is 2. The first-order valence-corrected chi connectivity index (χ1v) is 6.40. The molecule has 0 aliphatic heterocycles. The SMILES string of the molecule is Cc1cc(C)c2[nH+]c3c(c(N)c2c1)CCCC3. The fraction of sp³-hybridized carbons (Fsp3) is 0.400. The van der Waals surface area contributed by atoms with Crippen LogP contribution in [0.3, 0.4) is 0 Å². The van der Waals surface area contributed by atoms with E-state index >= 15 is 0 Å². The van der Waals surface area contributed by atoms with Gasteiger partial charge < -0.3 is 5.73 Å². The lowest BCUT2D eigenvalue weighted by molar-refractivity contribution is -0.359. The van der Waals surface area contributed by atoms with Crippen molar-refractivity contribution in [3.05, 3.63) is 34.5 Å². The Bertz CT molecular complexity index is 600. The lowest BCUT2D eigenvalue weighted by Gasteiger charge is -2.15. The van der Waals surface area contributed by atoms with E-state index in [0.29, 0.717) is 0 Å². The fourth-order valence-electron chi connectivity index (χ4n) is 3.00. The normalized spacial score (nSPS) is 14.9. The maximum Gasteiger partial charge on any atom is 0.216 e. The lowest BCUT2D eigenvalue weighted by atomic mass is 9.92. The highest BCUT2D eigenvalue weighted by atomic mass is 14.7. The van der Waals surface area contributed by atoms with Gasteiger partial charge in [0.15, 0.2) is 5.69 Å². The number of rotatable bonds is 0. The Labute approximate surface area is 102 Å². The van der Waals surface area contributed by atoms with Crippen molar-refractivity contribution < 1.29 is 4.98 Å². The molecule has 2 nitrogen and oxygen atoms in total. The van der Waals surface area contributed by atoms with Crippen molar-refractivity contribution in [3.8, 4) is 0 Å². The van der Waals surface area contributed by atoms with Gasteiger partial charge in [-0.1, -0.05) is 0 Å². The van der Waals surface area contributed by atoms with Crippen LogP contribution in [-0.4, -0.2) is 0 Å².